The lowest BCUT2D eigenvalue weighted by Crippen LogP contribution is -2.38. The van der Waals surface area contributed by atoms with Crippen molar-refractivity contribution in [3.8, 4) is 5.75 Å². The van der Waals surface area contributed by atoms with Crippen molar-refractivity contribution in [3.05, 3.63) is 54.0 Å². The summed E-state index contributed by atoms with van der Waals surface area (Å²) in [5, 5.41) is 18.6. The molecule has 1 heterocycles. The highest BCUT2D eigenvalue weighted by atomic mass is 16.3. The Labute approximate surface area is 147 Å². The number of amides is 1. The molecule has 0 atom stereocenters. The standard InChI is InChI=1S/C18H24N4O3/c1-2-19-18(22-13-16-8-4-11-25-16)21-10-5-9-20-17(24)14-6-3-7-15(23)12-14/h3-4,6-8,11-12,23H,2,5,9-10,13H2,1H3,(H,20,24)(H2,19,21,22). The monoisotopic (exact) mass is 344 g/mol. The number of nitrogens with zero attached hydrogens (tertiary/aromatic N) is 1. The third-order valence-corrected chi connectivity index (χ3v) is 3.36. The van der Waals surface area contributed by atoms with E-state index in [4.69, 9.17) is 4.42 Å². The first-order chi connectivity index (χ1) is 12.2. The predicted octanol–water partition coefficient (Wildman–Crippen LogP) is 1.86. The van der Waals surface area contributed by atoms with Crippen LogP contribution in [0.1, 0.15) is 29.5 Å². The van der Waals surface area contributed by atoms with Crippen LogP contribution in [0.5, 0.6) is 5.75 Å². The van der Waals surface area contributed by atoms with Crippen LogP contribution < -0.4 is 16.0 Å². The predicted molar refractivity (Wildman–Crippen MR) is 96.6 cm³/mol. The zero-order valence-corrected chi connectivity index (χ0v) is 14.3. The number of carbonyl (C=O) groups excluding carboxylic acids is 1. The van der Waals surface area contributed by atoms with Crippen LogP contribution in [0.3, 0.4) is 0 Å². The van der Waals surface area contributed by atoms with E-state index in [2.05, 4.69) is 20.9 Å². The van der Waals surface area contributed by atoms with E-state index >= 15 is 0 Å². The van der Waals surface area contributed by atoms with Crippen molar-refractivity contribution >= 4 is 11.9 Å². The van der Waals surface area contributed by atoms with Crippen LogP contribution in [0, 0.1) is 0 Å². The summed E-state index contributed by atoms with van der Waals surface area (Å²) in [5.74, 6) is 1.39. The van der Waals surface area contributed by atoms with E-state index in [0.29, 0.717) is 31.2 Å². The molecule has 25 heavy (non-hydrogen) atoms. The minimum atomic E-state index is -0.200. The second kappa shape index (κ2) is 10.0. The van der Waals surface area contributed by atoms with E-state index in [-0.39, 0.29) is 11.7 Å². The second-order valence-corrected chi connectivity index (χ2v) is 5.36. The number of hydrogen-bond acceptors (Lipinski definition) is 4. The van der Waals surface area contributed by atoms with Crippen molar-refractivity contribution in [1.82, 2.24) is 16.0 Å². The number of carbonyl (C=O) groups is 1. The maximum absolute atomic E-state index is 11.9. The van der Waals surface area contributed by atoms with Gasteiger partial charge in [0.25, 0.3) is 5.91 Å². The van der Waals surface area contributed by atoms with Gasteiger partial charge in [-0.3, -0.25) is 4.79 Å². The maximum Gasteiger partial charge on any atom is 0.251 e. The van der Waals surface area contributed by atoms with Crippen molar-refractivity contribution in [2.75, 3.05) is 19.6 Å². The molecule has 0 radical (unpaired) electrons. The summed E-state index contributed by atoms with van der Waals surface area (Å²) < 4.78 is 5.25. The van der Waals surface area contributed by atoms with Crippen molar-refractivity contribution in [1.29, 1.82) is 0 Å². The number of furan rings is 1. The number of aromatic hydroxyl groups is 1. The second-order valence-electron chi connectivity index (χ2n) is 5.36. The van der Waals surface area contributed by atoms with E-state index < -0.39 is 0 Å². The van der Waals surface area contributed by atoms with E-state index in [0.717, 1.165) is 18.7 Å². The molecular formula is C18H24N4O3. The molecule has 0 saturated heterocycles. The van der Waals surface area contributed by atoms with Crippen molar-refractivity contribution in [3.63, 3.8) is 0 Å². The molecule has 0 aliphatic carbocycles. The lowest BCUT2D eigenvalue weighted by molar-refractivity contribution is 0.0953. The Morgan fingerprint density at radius 3 is 2.72 bits per heavy atom. The van der Waals surface area contributed by atoms with Crippen LogP contribution in [0.15, 0.2) is 52.1 Å². The molecule has 2 rings (SSSR count). The van der Waals surface area contributed by atoms with Crippen LogP contribution in [-0.4, -0.2) is 36.6 Å². The molecule has 0 aliphatic rings. The smallest absolute Gasteiger partial charge is 0.251 e. The lowest BCUT2D eigenvalue weighted by atomic mass is 10.2. The van der Waals surface area contributed by atoms with Crippen LogP contribution in [0.2, 0.25) is 0 Å². The Morgan fingerprint density at radius 2 is 2.00 bits per heavy atom. The fourth-order valence-electron chi connectivity index (χ4n) is 2.15. The largest absolute Gasteiger partial charge is 0.508 e. The molecule has 0 unspecified atom stereocenters. The molecule has 0 spiro atoms. The third kappa shape index (κ3) is 6.58. The third-order valence-electron chi connectivity index (χ3n) is 3.36. The number of aliphatic imine (C=N–C) groups is 1. The van der Waals surface area contributed by atoms with Crippen LogP contribution in [-0.2, 0) is 6.54 Å². The first-order valence-electron chi connectivity index (χ1n) is 8.31. The SMILES string of the molecule is CCNC(=NCc1ccco1)NCCCNC(=O)c1cccc(O)c1. The van der Waals surface area contributed by atoms with Crippen molar-refractivity contribution in [2.45, 2.75) is 19.9 Å². The zero-order valence-electron chi connectivity index (χ0n) is 14.3. The summed E-state index contributed by atoms with van der Waals surface area (Å²) >= 11 is 0. The summed E-state index contributed by atoms with van der Waals surface area (Å²) in [6.07, 6.45) is 2.37. The highest BCUT2D eigenvalue weighted by Gasteiger charge is 2.05. The molecule has 7 nitrogen and oxygen atoms in total. The highest BCUT2D eigenvalue weighted by Crippen LogP contribution is 2.10. The summed E-state index contributed by atoms with van der Waals surface area (Å²) in [5.41, 5.74) is 0.446. The van der Waals surface area contributed by atoms with Gasteiger partial charge in [-0.1, -0.05) is 6.07 Å². The first-order valence-corrected chi connectivity index (χ1v) is 8.31. The van der Waals surface area contributed by atoms with Gasteiger partial charge in [-0.05, 0) is 43.7 Å². The summed E-state index contributed by atoms with van der Waals surface area (Å²) in [7, 11) is 0. The van der Waals surface area contributed by atoms with Gasteiger partial charge in [-0.25, -0.2) is 4.99 Å². The summed E-state index contributed by atoms with van der Waals surface area (Å²) in [4.78, 5) is 16.4. The van der Waals surface area contributed by atoms with E-state index in [1.807, 2.05) is 19.1 Å². The van der Waals surface area contributed by atoms with Gasteiger partial charge < -0.3 is 25.5 Å². The number of rotatable bonds is 8. The van der Waals surface area contributed by atoms with Gasteiger partial charge in [0.05, 0.1) is 6.26 Å². The quantitative estimate of drug-likeness (QED) is 0.333. The Hall–Kier alpha value is -2.96. The van der Waals surface area contributed by atoms with Gasteiger partial charge in [-0.15, -0.1) is 0 Å². The number of phenolic OH excluding ortho intramolecular Hbond substituents is 1. The molecular weight excluding hydrogens is 320 g/mol. The molecule has 0 bridgehead atoms. The average Bonchev–Trinajstić information content (AvgIpc) is 3.12. The minimum absolute atomic E-state index is 0.0809. The van der Waals surface area contributed by atoms with Gasteiger partial charge in [0, 0.05) is 25.2 Å². The topological polar surface area (TPSA) is 98.9 Å². The van der Waals surface area contributed by atoms with Gasteiger partial charge in [-0.2, -0.15) is 0 Å². The molecule has 1 aromatic carbocycles. The van der Waals surface area contributed by atoms with E-state index in [1.165, 1.54) is 12.1 Å². The summed E-state index contributed by atoms with van der Waals surface area (Å²) in [6.45, 7) is 4.43. The molecule has 0 aliphatic heterocycles. The van der Waals surface area contributed by atoms with Gasteiger partial charge in [0.1, 0.15) is 18.1 Å². The normalized spacial score (nSPS) is 11.2. The maximum atomic E-state index is 11.9. The van der Waals surface area contributed by atoms with Gasteiger partial charge in [0.15, 0.2) is 5.96 Å². The molecule has 7 heteroatoms. The number of phenols is 1. The van der Waals surface area contributed by atoms with Gasteiger partial charge in [0.2, 0.25) is 0 Å². The molecule has 0 fully saturated rings. The minimum Gasteiger partial charge on any atom is -0.508 e. The van der Waals surface area contributed by atoms with Gasteiger partial charge >= 0.3 is 0 Å². The van der Waals surface area contributed by atoms with Crippen LogP contribution >= 0.6 is 0 Å². The first kappa shape index (κ1) is 18.4. The average molecular weight is 344 g/mol. The Bertz CT molecular complexity index is 683. The number of hydrogen-bond donors (Lipinski definition) is 4. The molecule has 134 valence electrons. The Kier molecular flexibility index (Phi) is 7.37. The van der Waals surface area contributed by atoms with Crippen molar-refractivity contribution < 1.29 is 14.3 Å². The highest BCUT2D eigenvalue weighted by molar-refractivity contribution is 5.94. The van der Waals surface area contributed by atoms with Crippen LogP contribution in [0.4, 0.5) is 0 Å². The van der Waals surface area contributed by atoms with Crippen molar-refractivity contribution in [2.24, 2.45) is 4.99 Å². The number of nitrogens with one attached hydrogen (secondary N) is 3. The van der Waals surface area contributed by atoms with E-state index in [1.54, 1.807) is 18.4 Å². The number of benzene rings is 1. The molecule has 1 aromatic heterocycles. The van der Waals surface area contributed by atoms with Crippen LogP contribution in [0.25, 0.3) is 0 Å². The Morgan fingerprint density at radius 1 is 1.16 bits per heavy atom. The molecule has 1 amide bonds. The fourth-order valence-corrected chi connectivity index (χ4v) is 2.15. The molecule has 0 saturated carbocycles. The molecule has 2 aromatic rings. The zero-order chi connectivity index (χ0) is 17.9. The van der Waals surface area contributed by atoms with E-state index in [9.17, 15) is 9.90 Å². The Balaban J connectivity index is 1.69. The molecule has 4 N–H and O–H groups in total. The lowest BCUT2D eigenvalue weighted by Gasteiger charge is -2.11. The fraction of sp³-hybridized carbons (Fsp3) is 0.333. The summed E-state index contributed by atoms with van der Waals surface area (Å²) in [6, 6.07) is 10.00. The number of guanidine groups is 1.